The number of hydrogen-bond acceptors (Lipinski definition) is 5. The molecule has 0 bridgehead atoms. The van der Waals surface area contributed by atoms with Gasteiger partial charge in [0.1, 0.15) is 5.69 Å². The molecule has 0 saturated carbocycles. The van der Waals surface area contributed by atoms with Crippen molar-refractivity contribution in [1.29, 1.82) is 0 Å². The Balaban J connectivity index is 2.76. The molecule has 0 radical (unpaired) electrons. The van der Waals surface area contributed by atoms with E-state index in [4.69, 9.17) is 15.6 Å². The molecule has 17 heavy (non-hydrogen) atoms. The van der Waals surface area contributed by atoms with Gasteiger partial charge < -0.3 is 20.5 Å². The van der Waals surface area contributed by atoms with Crippen LogP contribution in [0.15, 0.2) is 18.3 Å². The molecular formula is C11H17N3O3. The third-order valence-electron chi connectivity index (χ3n) is 2.23. The summed E-state index contributed by atoms with van der Waals surface area (Å²) in [6, 6.07) is 3.13. The van der Waals surface area contributed by atoms with E-state index in [0.29, 0.717) is 18.8 Å². The second kappa shape index (κ2) is 6.82. The summed E-state index contributed by atoms with van der Waals surface area (Å²) in [5.41, 5.74) is 6.34. The van der Waals surface area contributed by atoms with E-state index in [-0.39, 0.29) is 24.8 Å². The fourth-order valence-electron chi connectivity index (χ4n) is 1.36. The number of nitrogen functional groups attached to an aromatic ring is 1. The van der Waals surface area contributed by atoms with Gasteiger partial charge in [-0.3, -0.25) is 9.78 Å². The number of carbonyl (C=O) groups excluding carboxylic acids is 1. The standard InChI is InChI=1S/C11H17N3O3/c1-17-7-5-14(4-6-15)11(16)10-8-9(12)2-3-13-10/h2-3,8,15H,4-7H2,1H3,(H2,12,13). The first-order valence-corrected chi connectivity index (χ1v) is 5.29. The minimum Gasteiger partial charge on any atom is -0.399 e. The smallest absolute Gasteiger partial charge is 0.272 e. The number of nitrogens with two attached hydrogens (primary N) is 1. The van der Waals surface area contributed by atoms with E-state index in [0.717, 1.165) is 0 Å². The molecule has 1 aromatic heterocycles. The van der Waals surface area contributed by atoms with Gasteiger partial charge >= 0.3 is 0 Å². The summed E-state index contributed by atoms with van der Waals surface area (Å²) in [5.74, 6) is -0.261. The first-order chi connectivity index (χ1) is 8.19. The molecule has 0 aromatic carbocycles. The SMILES string of the molecule is COCCN(CCO)C(=O)c1cc(N)ccn1. The molecule has 1 amide bonds. The van der Waals surface area contributed by atoms with Crippen molar-refractivity contribution in [3.05, 3.63) is 24.0 Å². The third-order valence-corrected chi connectivity index (χ3v) is 2.23. The van der Waals surface area contributed by atoms with E-state index < -0.39 is 0 Å². The lowest BCUT2D eigenvalue weighted by molar-refractivity contribution is 0.0651. The molecular weight excluding hydrogens is 222 g/mol. The number of rotatable bonds is 6. The molecule has 1 heterocycles. The number of nitrogens with zero attached hydrogens (tertiary/aromatic N) is 2. The van der Waals surface area contributed by atoms with Crippen LogP contribution in [0.5, 0.6) is 0 Å². The zero-order chi connectivity index (χ0) is 12.7. The van der Waals surface area contributed by atoms with E-state index in [2.05, 4.69) is 4.98 Å². The quantitative estimate of drug-likeness (QED) is 0.714. The lowest BCUT2D eigenvalue weighted by atomic mass is 10.3. The fraction of sp³-hybridized carbons (Fsp3) is 0.455. The van der Waals surface area contributed by atoms with Crippen molar-refractivity contribution in [3.8, 4) is 0 Å². The first-order valence-electron chi connectivity index (χ1n) is 5.29. The maximum Gasteiger partial charge on any atom is 0.272 e. The van der Waals surface area contributed by atoms with E-state index in [9.17, 15) is 4.79 Å². The van der Waals surface area contributed by atoms with Gasteiger partial charge in [0, 0.05) is 32.1 Å². The Morgan fingerprint density at radius 3 is 2.94 bits per heavy atom. The summed E-state index contributed by atoms with van der Waals surface area (Å²) in [4.78, 5) is 17.5. The number of methoxy groups -OCH3 is 1. The summed E-state index contributed by atoms with van der Waals surface area (Å²) in [6.07, 6.45) is 1.48. The van der Waals surface area contributed by atoms with E-state index >= 15 is 0 Å². The van der Waals surface area contributed by atoms with Gasteiger partial charge in [0.2, 0.25) is 0 Å². The minimum absolute atomic E-state index is 0.0994. The number of pyridine rings is 1. The molecule has 0 unspecified atom stereocenters. The highest BCUT2D eigenvalue weighted by molar-refractivity contribution is 5.93. The van der Waals surface area contributed by atoms with Gasteiger partial charge in [-0.05, 0) is 12.1 Å². The van der Waals surface area contributed by atoms with E-state index in [1.807, 2.05) is 0 Å². The minimum atomic E-state index is -0.261. The second-order valence-corrected chi connectivity index (χ2v) is 3.48. The molecule has 0 aliphatic rings. The number of carbonyl (C=O) groups is 1. The molecule has 0 atom stereocenters. The molecule has 0 spiro atoms. The molecule has 6 nitrogen and oxygen atoms in total. The van der Waals surface area contributed by atoms with Crippen molar-refractivity contribution in [2.45, 2.75) is 0 Å². The zero-order valence-corrected chi connectivity index (χ0v) is 9.80. The van der Waals surface area contributed by atoms with Crippen LogP contribution in [0.1, 0.15) is 10.5 Å². The van der Waals surface area contributed by atoms with Crippen molar-refractivity contribution in [3.63, 3.8) is 0 Å². The van der Waals surface area contributed by atoms with E-state index in [1.54, 1.807) is 13.2 Å². The Morgan fingerprint density at radius 2 is 2.35 bits per heavy atom. The van der Waals surface area contributed by atoms with Gasteiger partial charge in [-0.1, -0.05) is 0 Å². The van der Waals surface area contributed by atoms with Gasteiger partial charge in [-0.25, -0.2) is 0 Å². The van der Waals surface area contributed by atoms with E-state index in [1.165, 1.54) is 17.2 Å². The molecule has 0 aliphatic carbocycles. The van der Waals surface area contributed by atoms with Gasteiger partial charge in [-0.2, -0.15) is 0 Å². The Morgan fingerprint density at radius 1 is 1.59 bits per heavy atom. The predicted octanol–water partition coefficient (Wildman–Crippen LogP) is -0.255. The van der Waals surface area contributed by atoms with Gasteiger partial charge in [0.25, 0.3) is 5.91 Å². The Kier molecular flexibility index (Phi) is 5.38. The zero-order valence-electron chi connectivity index (χ0n) is 9.80. The monoisotopic (exact) mass is 239 g/mol. The van der Waals surface area contributed by atoms with Crippen LogP contribution in [0, 0.1) is 0 Å². The Labute approximate surface area is 100 Å². The van der Waals surface area contributed by atoms with Gasteiger partial charge in [0.05, 0.1) is 13.2 Å². The highest BCUT2D eigenvalue weighted by Crippen LogP contribution is 2.06. The lowest BCUT2D eigenvalue weighted by Crippen LogP contribution is -2.36. The van der Waals surface area contributed by atoms with Crippen LogP contribution in [0.25, 0.3) is 0 Å². The van der Waals surface area contributed by atoms with Crippen molar-refractivity contribution >= 4 is 11.6 Å². The third kappa shape index (κ3) is 4.01. The molecule has 94 valence electrons. The largest absolute Gasteiger partial charge is 0.399 e. The number of aromatic nitrogens is 1. The van der Waals surface area contributed by atoms with Crippen LogP contribution in [-0.2, 0) is 4.74 Å². The maximum atomic E-state index is 12.0. The van der Waals surface area contributed by atoms with Crippen LogP contribution >= 0.6 is 0 Å². The molecule has 1 rings (SSSR count). The van der Waals surface area contributed by atoms with Crippen LogP contribution < -0.4 is 5.73 Å². The number of ether oxygens (including phenoxy) is 1. The van der Waals surface area contributed by atoms with Crippen molar-refractivity contribution in [2.75, 3.05) is 39.1 Å². The van der Waals surface area contributed by atoms with Gasteiger partial charge in [-0.15, -0.1) is 0 Å². The average Bonchev–Trinajstić information content (AvgIpc) is 2.33. The Hall–Kier alpha value is -1.66. The number of amides is 1. The van der Waals surface area contributed by atoms with Gasteiger partial charge in [0.15, 0.2) is 0 Å². The van der Waals surface area contributed by atoms with Crippen LogP contribution in [-0.4, -0.2) is 54.3 Å². The molecule has 1 aromatic rings. The maximum absolute atomic E-state index is 12.0. The molecule has 0 aliphatic heterocycles. The number of aliphatic hydroxyl groups is 1. The summed E-state index contributed by atoms with van der Waals surface area (Å²) < 4.78 is 4.91. The molecule has 3 N–H and O–H groups in total. The average molecular weight is 239 g/mol. The van der Waals surface area contributed by atoms with Crippen LogP contribution in [0.4, 0.5) is 5.69 Å². The topological polar surface area (TPSA) is 88.7 Å². The number of anilines is 1. The summed E-state index contributed by atoms with van der Waals surface area (Å²) >= 11 is 0. The highest BCUT2D eigenvalue weighted by atomic mass is 16.5. The molecule has 0 saturated heterocycles. The number of aliphatic hydroxyl groups excluding tert-OH is 1. The lowest BCUT2D eigenvalue weighted by Gasteiger charge is -2.20. The van der Waals surface area contributed by atoms with Crippen LogP contribution in [0.2, 0.25) is 0 Å². The van der Waals surface area contributed by atoms with Crippen LogP contribution in [0.3, 0.4) is 0 Å². The summed E-state index contributed by atoms with van der Waals surface area (Å²) in [7, 11) is 1.56. The first kappa shape index (κ1) is 13.4. The second-order valence-electron chi connectivity index (χ2n) is 3.48. The number of hydrogen-bond donors (Lipinski definition) is 2. The summed E-state index contributed by atoms with van der Waals surface area (Å²) in [6.45, 7) is 0.969. The van der Waals surface area contributed by atoms with Crippen molar-refractivity contribution in [1.82, 2.24) is 9.88 Å². The van der Waals surface area contributed by atoms with Crippen molar-refractivity contribution < 1.29 is 14.6 Å². The molecule has 0 fully saturated rings. The fourth-order valence-corrected chi connectivity index (χ4v) is 1.36. The van der Waals surface area contributed by atoms with Crippen molar-refractivity contribution in [2.24, 2.45) is 0 Å². The Bertz CT molecular complexity index is 371. The normalized spacial score (nSPS) is 10.2. The molecule has 6 heteroatoms. The highest BCUT2D eigenvalue weighted by Gasteiger charge is 2.16. The predicted molar refractivity (Wildman–Crippen MR) is 63.5 cm³/mol. The summed E-state index contributed by atoms with van der Waals surface area (Å²) in [5, 5.41) is 8.91.